The second-order valence-electron chi connectivity index (χ2n) is 7.97. The predicted octanol–water partition coefficient (Wildman–Crippen LogP) is 2.74. The molecule has 1 atom stereocenters. The standard InChI is InChI=1S/C20H33N5O3S/c1-3-18(29(27,28)24-12-8-5-9-13-24)15-25-16(2)22-20(23-25)21-14-19(26)17-10-6-4-7-11-17/h3,15,17,19,26H,1,4-14H2,2H3,(H,21,23)/b18-15+. The number of piperidine rings is 1. The summed E-state index contributed by atoms with van der Waals surface area (Å²) in [6.07, 6.45) is 10.9. The molecule has 1 saturated carbocycles. The van der Waals surface area contributed by atoms with E-state index in [1.807, 2.05) is 0 Å². The molecule has 1 unspecified atom stereocenters. The molecule has 1 saturated heterocycles. The fraction of sp³-hybridized carbons (Fsp3) is 0.700. The SMILES string of the molecule is C=C/C(=C\n1nc(NCC(O)C2CCCCC2)nc1C)S(=O)(=O)N1CCCCC1. The van der Waals surface area contributed by atoms with Crippen LogP contribution in [0.15, 0.2) is 17.6 Å². The van der Waals surface area contributed by atoms with Crippen LogP contribution in [0.4, 0.5) is 5.95 Å². The molecule has 2 aliphatic rings. The lowest BCUT2D eigenvalue weighted by Gasteiger charge is -2.26. The first-order chi connectivity index (χ1) is 13.9. The highest BCUT2D eigenvalue weighted by Crippen LogP contribution is 2.26. The van der Waals surface area contributed by atoms with Crippen LogP contribution in [-0.4, -0.2) is 58.3 Å². The van der Waals surface area contributed by atoms with Crippen LogP contribution in [0.1, 0.15) is 57.2 Å². The highest BCUT2D eigenvalue weighted by molar-refractivity contribution is 7.93. The number of sulfonamides is 1. The fourth-order valence-corrected chi connectivity index (χ4v) is 5.56. The lowest BCUT2D eigenvalue weighted by atomic mass is 9.85. The van der Waals surface area contributed by atoms with Crippen molar-refractivity contribution in [3.05, 3.63) is 23.4 Å². The number of hydrogen-bond donors (Lipinski definition) is 2. The lowest BCUT2D eigenvalue weighted by molar-refractivity contribution is 0.0955. The summed E-state index contributed by atoms with van der Waals surface area (Å²) in [6, 6.07) is 0. The van der Waals surface area contributed by atoms with Crippen LogP contribution < -0.4 is 5.32 Å². The number of aryl methyl sites for hydroxylation is 1. The lowest BCUT2D eigenvalue weighted by Crippen LogP contribution is -2.36. The van der Waals surface area contributed by atoms with Gasteiger partial charge in [-0.05, 0) is 44.6 Å². The monoisotopic (exact) mass is 423 g/mol. The van der Waals surface area contributed by atoms with Gasteiger partial charge >= 0.3 is 0 Å². The van der Waals surface area contributed by atoms with Gasteiger partial charge in [-0.15, -0.1) is 5.10 Å². The minimum atomic E-state index is -3.59. The number of aliphatic hydroxyl groups excluding tert-OH is 1. The number of nitrogens with one attached hydrogen (secondary N) is 1. The summed E-state index contributed by atoms with van der Waals surface area (Å²) in [5.41, 5.74) is 0. The Labute approximate surface area is 173 Å². The van der Waals surface area contributed by atoms with Crippen molar-refractivity contribution in [1.29, 1.82) is 0 Å². The average molecular weight is 424 g/mol. The van der Waals surface area contributed by atoms with Gasteiger partial charge in [-0.3, -0.25) is 0 Å². The van der Waals surface area contributed by atoms with Crippen molar-refractivity contribution in [2.45, 2.75) is 64.4 Å². The minimum absolute atomic E-state index is 0.112. The number of aromatic nitrogens is 3. The smallest absolute Gasteiger partial charge is 0.244 e. The first-order valence-electron chi connectivity index (χ1n) is 10.6. The molecule has 0 bridgehead atoms. The van der Waals surface area contributed by atoms with Crippen LogP contribution in [-0.2, 0) is 10.0 Å². The topological polar surface area (TPSA) is 100 Å². The Balaban J connectivity index is 1.68. The van der Waals surface area contributed by atoms with Crippen LogP contribution in [0.3, 0.4) is 0 Å². The molecule has 1 aromatic rings. The molecule has 8 nitrogen and oxygen atoms in total. The van der Waals surface area contributed by atoms with E-state index in [0.29, 0.717) is 37.3 Å². The second kappa shape index (κ2) is 9.86. The summed E-state index contributed by atoms with van der Waals surface area (Å²) in [7, 11) is -3.59. The molecule has 162 valence electrons. The van der Waals surface area contributed by atoms with E-state index in [1.165, 1.54) is 40.5 Å². The van der Waals surface area contributed by atoms with Gasteiger partial charge in [0.2, 0.25) is 16.0 Å². The van der Waals surface area contributed by atoms with E-state index >= 15 is 0 Å². The molecule has 1 aliphatic heterocycles. The Morgan fingerprint density at radius 1 is 1.24 bits per heavy atom. The highest BCUT2D eigenvalue weighted by atomic mass is 32.2. The molecular weight excluding hydrogens is 390 g/mol. The van der Waals surface area contributed by atoms with E-state index in [0.717, 1.165) is 32.1 Å². The van der Waals surface area contributed by atoms with Crippen LogP contribution in [0.2, 0.25) is 0 Å². The third-order valence-electron chi connectivity index (χ3n) is 5.87. The Kier molecular flexibility index (Phi) is 7.48. The second-order valence-corrected chi connectivity index (χ2v) is 9.91. The highest BCUT2D eigenvalue weighted by Gasteiger charge is 2.27. The first kappa shape index (κ1) is 22.0. The Bertz CT molecular complexity index is 821. The van der Waals surface area contributed by atoms with Crippen molar-refractivity contribution in [3.8, 4) is 0 Å². The molecule has 2 heterocycles. The zero-order valence-corrected chi connectivity index (χ0v) is 18.1. The minimum Gasteiger partial charge on any atom is -0.391 e. The maximum Gasteiger partial charge on any atom is 0.244 e. The Hall–Kier alpha value is -1.71. The molecule has 0 amide bonds. The molecule has 0 radical (unpaired) electrons. The largest absolute Gasteiger partial charge is 0.391 e. The molecule has 1 aromatic heterocycles. The van der Waals surface area contributed by atoms with Crippen molar-refractivity contribution in [2.75, 3.05) is 25.0 Å². The number of rotatable bonds is 8. The summed E-state index contributed by atoms with van der Waals surface area (Å²) in [5, 5.41) is 17.8. The van der Waals surface area contributed by atoms with E-state index in [-0.39, 0.29) is 4.91 Å². The average Bonchev–Trinajstić information content (AvgIpc) is 3.10. The van der Waals surface area contributed by atoms with Gasteiger partial charge in [0, 0.05) is 19.6 Å². The number of aliphatic hydroxyl groups is 1. The van der Waals surface area contributed by atoms with Crippen LogP contribution >= 0.6 is 0 Å². The molecule has 0 spiro atoms. The van der Waals surface area contributed by atoms with Gasteiger partial charge in [-0.1, -0.05) is 32.3 Å². The van der Waals surface area contributed by atoms with Crippen molar-refractivity contribution in [3.63, 3.8) is 0 Å². The molecule has 1 aliphatic carbocycles. The summed E-state index contributed by atoms with van der Waals surface area (Å²) in [5.74, 6) is 1.27. The van der Waals surface area contributed by atoms with E-state index < -0.39 is 16.1 Å². The first-order valence-corrected chi connectivity index (χ1v) is 12.1. The van der Waals surface area contributed by atoms with Gasteiger partial charge in [0.05, 0.1) is 17.2 Å². The van der Waals surface area contributed by atoms with Crippen molar-refractivity contribution < 1.29 is 13.5 Å². The number of allylic oxidation sites excluding steroid dienone is 1. The molecule has 3 rings (SSSR count). The van der Waals surface area contributed by atoms with E-state index in [1.54, 1.807) is 6.92 Å². The van der Waals surface area contributed by atoms with Crippen molar-refractivity contribution in [1.82, 2.24) is 19.1 Å². The summed E-state index contributed by atoms with van der Waals surface area (Å²) in [4.78, 5) is 4.46. The van der Waals surface area contributed by atoms with Gasteiger partial charge in [-0.2, -0.15) is 9.29 Å². The Morgan fingerprint density at radius 3 is 2.55 bits per heavy atom. The van der Waals surface area contributed by atoms with Crippen molar-refractivity contribution >= 4 is 22.2 Å². The van der Waals surface area contributed by atoms with Crippen molar-refractivity contribution in [2.24, 2.45) is 5.92 Å². The molecule has 9 heteroatoms. The third kappa shape index (κ3) is 5.46. The maximum absolute atomic E-state index is 12.9. The van der Waals surface area contributed by atoms with Gasteiger partial charge in [-0.25, -0.2) is 13.1 Å². The van der Waals surface area contributed by atoms with E-state index in [9.17, 15) is 13.5 Å². The predicted molar refractivity (Wildman–Crippen MR) is 115 cm³/mol. The Morgan fingerprint density at radius 2 is 1.90 bits per heavy atom. The van der Waals surface area contributed by atoms with Crippen LogP contribution in [0.5, 0.6) is 0 Å². The summed E-state index contributed by atoms with van der Waals surface area (Å²) >= 11 is 0. The summed E-state index contributed by atoms with van der Waals surface area (Å²) in [6.45, 7) is 6.91. The fourth-order valence-electron chi connectivity index (χ4n) is 4.08. The third-order valence-corrected chi connectivity index (χ3v) is 7.78. The number of anilines is 1. The maximum atomic E-state index is 12.9. The zero-order valence-electron chi connectivity index (χ0n) is 17.3. The van der Waals surface area contributed by atoms with Gasteiger partial charge in [0.15, 0.2) is 0 Å². The van der Waals surface area contributed by atoms with Gasteiger partial charge < -0.3 is 10.4 Å². The van der Waals surface area contributed by atoms with Crippen LogP contribution in [0, 0.1) is 12.8 Å². The van der Waals surface area contributed by atoms with E-state index in [2.05, 4.69) is 22.0 Å². The molecule has 2 N–H and O–H groups in total. The molecule has 29 heavy (non-hydrogen) atoms. The van der Waals surface area contributed by atoms with E-state index in [4.69, 9.17) is 0 Å². The van der Waals surface area contributed by atoms with Gasteiger partial charge in [0.1, 0.15) is 5.82 Å². The normalized spacial score (nSPS) is 21.1. The number of nitrogens with zero attached hydrogens (tertiary/aromatic N) is 4. The number of hydrogen-bond acceptors (Lipinski definition) is 6. The van der Waals surface area contributed by atoms with Gasteiger partial charge in [0.25, 0.3) is 0 Å². The quantitative estimate of drug-likeness (QED) is 0.624. The van der Waals surface area contributed by atoms with Crippen LogP contribution in [0.25, 0.3) is 6.20 Å². The summed E-state index contributed by atoms with van der Waals surface area (Å²) < 4.78 is 28.8. The zero-order chi connectivity index (χ0) is 20.9. The molecule has 0 aromatic carbocycles. The molecular formula is C20H33N5O3S. The molecule has 2 fully saturated rings.